The average Bonchev–Trinajstić information content (AvgIpc) is 2.40. The Bertz CT molecular complexity index is 265. The van der Waals surface area contributed by atoms with Crippen molar-refractivity contribution in [2.45, 2.75) is 51.0 Å². The summed E-state index contributed by atoms with van der Waals surface area (Å²) < 4.78 is 5.33. The first-order chi connectivity index (χ1) is 8.75. The molecule has 2 aliphatic rings. The quantitative estimate of drug-likeness (QED) is 0.798. The Morgan fingerprint density at radius 1 is 1.22 bits per heavy atom. The average molecular weight is 254 g/mol. The topological polar surface area (TPSA) is 64.4 Å². The van der Waals surface area contributed by atoms with Gasteiger partial charge in [0, 0.05) is 31.7 Å². The molecule has 1 aliphatic heterocycles. The van der Waals surface area contributed by atoms with Gasteiger partial charge in [-0.1, -0.05) is 6.42 Å². The van der Waals surface area contributed by atoms with Crippen LogP contribution < -0.4 is 11.1 Å². The summed E-state index contributed by atoms with van der Waals surface area (Å²) in [6.45, 7) is 2.58. The second kappa shape index (κ2) is 7.10. The number of ether oxygens (including phenoxy) is 1. The number of hydrogen-bond acceptors (Lipinski definition) is 3. The molecule has 4 nitrogen and oxygen atoms in total. The predicted molar refractivity (Wildman–Crippen MR) is 71.1 cm³/mol. The van der Waals surface area contributed by atoms with E-state index in [2.05, 4.69) is 5.32 Å². The van der Waals surface area contributed by atoms with Crippen molar-refractivity contribution >= 4 is 5.91 Å². The normalized spacial score (nSPS) is 30.1. The van der Waals surface area contributed by atoms with Crippen LogP contribution in [0.25, 0.3) is 0 Å². The highest BCUT2D eigenvalue weighted by molar-refractivity contribution is 5.78. The molecule has 3 N–H and O–H groups in total. The first-order valence-electron chi connectivity index (χ1n) is 7.36. The van der Waals surface area contributed by atoms with Crippen molar-refractivity contribution in [3.8, 4) is 0 Å². The number of amides is 1. The summed E-state index contributed by atoms with van der Waals surface area (Å²) in [4.78, 5) is 12.0. The molecule has 0 bridgehead atoms. The predicted octanol–water partition coefficient (Wildman–Crippen LogP) is 1.44. The van der Waals surface area contributed by atoms with Crippen LogP contribution in [0.5, 0.6) is 0 Å². The van der Waals surface area contributed by atoms with E-state index in [9.17, 15) is 4.79 Å². The number of hydrogen-bond donors (Lipinski definition) is 2. The van der Waals surface area contributed by atoms with E-state index in [-0.39, 0.29) is 17.9 Å². The molecule has 2 fully saturated rings. The maximum atomic E-state index is 12.0. The van der Waals surface area contributed by atoms with Gasteiger partial charge in [-0.15, -0.1) is 0 Å². The number of carbonyl (C=O) groups is 1. The maximum absolute atomic E-state index is 12.0. The van der Waals surface area contributed by atoms with Crippen molar-refractivity contribution in [3.05, 3.63) is 0 Å². The van der Waals surface area contributed by atoms with Crippen LogP contribution in [0.1, 0.15) is 44.9 Å². The standard InChI is InChI=1S/C14H26N2O2/c15-13-3-1-2-12(10-13)14(17)16-7-4-11-5-8-18-9-6-11/h11-13H,1-10,15H2,(H,16,17). The fourth-order valence-electron chi connectivity index (χ4n) is 3.04. The molecule has 2 atom stereocenters. The molecule has 18 heavy (non-hydrogen) atoms. The molecule has 1 amide bonds. The molecule has 1 saturated carbocycles. The second-order valence-electron chi connectivity index (χ2n) is 5.76. The first-order valence-corrected chi connectivity index (χ1v) is 7.36. The molecule has 2 rings (SSSR count). The van der Waals surface area contributed by atoms with Gasteiger partial charge in [-0.25, -0.2) is 0 Å². The molecule has 0 aromatic rings. The summed E-state index contributed by atoms with van der Waals surface area (Å²) in [5, 5.41) is 3.08. The Labute approximate surface area is 110 Å². The molecule has 2 unspecified atom stereocenters. The molecule has 0 aromatic carbocycles. The minimum Gasteiger partial charge on any atom is -0.381 e. The highest BCUT2D eigenvalue weighted by Crippen LogP contribution is 2.23. The number of carbonyl (C=O) groups excluding carboxylic acids is 1. The third-order valence-electron chi connectivity index (χ3n) is 4.28. The summed E-state index contributed by atoms with van der Waals surface area (Å²) in [6.07, 6.45) is 7.42. The molecular formula is C14H26N2O2. The molecule has 1 saturated heterocycles. The lowest BCUT2D eigenvalue weighted by Gasteiger charge is -2.26. The summed E-state index contributed by atoms with van der Waals surface area (Å²) in [5.41, 5.74) is 5.91. The van der Waals surface area contributed by atoms with Gasteiger partial charge in [0.2, 0.25) is 5.91 Å². The smallest absolute Gasteiger partial charge is 0.223 e. The van der Waals surface area contributed by atoms with Crippen LogP contribution in [0.4, 0.5) is 0 Å². The lowest BCUT2D eigenvalue weighted by molar-refractivity contribution is -0.126. The molecular weight excluding hydrogens is 228 g/mol. The van der Waals surface area contributed by atoms with Crippen LogP contribution in [0.2, 0.25) is 0 Å². The Kier molecular flexibility index (Phi) is 5.45. The Hall–Kier alpha value is -0.610. The number of nitrogens with two attached hydrogens (primary N) is 1. The van der Waals surface area contributed by atoms with Gasteiger partial charge in [0.15, 0.2) is 0 Å². The molecule has 0 aromatic heterocycles. The van der Waals surface area contributed by atoms with Gasteiger partial charge in [-0.3, -0.25) is 4.79 Å². The van der Waals surface area contributed by atoms with E-state index in [1.54, 1.807) is 0 Å². The van der Waals surface area contributed by atoms with E-state index in [1.165, 1.54) is 0 Å². The summed E-state index contributed by atoms with van der Waals surface area (Å²) >= 11 is 0. The minimum absolute atomic E-state index is 0.156. The Morgan fingerprint density at radius 2 is 2.00 bits per heavy atom. The van der Waals surface area contributed by atoms with E-state index < -0.39 is 0 Å². The van der Waals surface area contributed by atoms with Crippen molar-refractivity contribution in [2.75, 3.05) is 19.8 Å². The van der Waals surface area contributed by atoms with Gasteiger partial charge >= 0.3 is 0 Å². The Morgan fingerprint density at radius 3 is 2.72 bits per heavy atom. The number of nitrogens with one attached hydrogen (secondary N) is 1. The zero-order valence-electron chi connectivity index (χ0n) is 11.2. The van der Waals surface area contributed by atoms with E-state index in [0.29, 0.717) is 0 Å². The molecule has 104 valence electrons. The molecule has 1 aliphatic carbocycles. The van der Waals surface area contributed by atoms with Crippen LogP contribution in [0.15, 0.2) is 0 Å². The third kappa shape index (κ3) is 4.25. The third-order valence-corrected chi connectivity index (χ3v) is 4.28. The van der Waals surface area contributed by atoms with E-state index in [4.69, 9.17) is 10.5 Å². The van der Waals surface area contributed by atoms with E-state index in [1.807, 2.05) is 0 Å². The maximum Gasteiger partial charge on any atom is 0.223 e. The lowest BCUT2D eigenvalue weighted by atomic mass is 9.85. The molecule has 4 heteroatoms. The Balaban J connectivity index is 1.61. The van der Waals surface area contributed by atoms with Crippen molar-refractivity contribution in [1.82, 2.24) is 5.32 Å². The molecule has 0 radical (unpaired) electrons. The van der Waals surface area contributed by atoms with E-state index in [0.717, 1.165) is 70.6 Å². The van der Waals surface area contributed by atoms with Gasteiger partial charge in [-0.2, -0.15) is 0 Å². The molecule has 1 heterocycles. The minimum atomic E-state index is 0.156. The van der Waals surface area contributed by atoms with Crippen LogP contribution in [0, 0.1) is 11.8 Å². The van der Waals surface area contributed by atoms with Crippen molar-refractivity contribution in [1.29, 1.82) is 0 Å². The van der Waals surface area contributed by atoms with Crippen molar-refractivity contribution in [3.63, 3.8) is 0 Å². The largest absolute Gasteiger partial charge is 0.381 e. The summed E-state index contributed by atoms with van der Waals surface area (Å²) in [5.74, 6) is 1.10. The fraction of sp³-hybridized carbons (Fsp3) is 0.929. The van der Waals surface area contributed by atoms with Crippen LogP contribution in [-0.4, -0.2) is 31.7 Å². The van der Waals surface area contributed by atoms with Crippen LogP contribution in [-0.2, 0) is 9.53 Å². The first kappa shape index (κ1) is 13.8. The fourth-order valence-corrected chi connectivity index (χ4v) is 3.04. The zero-order chi connectivity index (χ0) is 12.8. The van der Waals surface area contributed by atoms with Crippen LogP contribution in [0.3, 0.4) is 0 Å². The summed E-state index contributed by atoms with van der Waals surface area (Å²) in [7, 11) is 0. The zero-order valence-corrected chi connectivity index (χ0v) is 11.2. The monoisotopic (exact) mass is 254 g/mol. The van der Waals surface area contributed by atoms with Gasteiger partial charge in [0.05, 0.1) is 0 Å². The molecule has 0 spiro atoms. The van der Waals surface area contributed by atoms with Gasteiger partial charge in [-0.05, 0) is 44.4 Å². The van der Waals surface area contributed by atoms with Gasteiger partial charge in [0.25, 0.3) is 0 Å². The van der Waals surface area contributed by atoms with Gasteiger partial charge < -0.3 is 15.8 Å². The van der Waals surface area contributed by atoms with Crippen molar-refractivity contribution in [2.24, 2.45) is 17.6 Å². The lowest BCUT2D eigenvalue weighted by Crippen LogP contribution is -2.38. The van der Waals surface area contributed by atoms with Gasteiger partial charge in [0.1, 0.15) is 0 Å². The van der Waals surface area contributed by atoms with Crippen LogP contribution >= 0.6 is 0 Å². The number of rotatable bonds is 4. The summed E-state index contributed by atoms with van der Waals surface area (Å²) in [6, 6.07) is 0.227. The van der Waals surface area contributed by atoms with Crippen molar-refractivity contribution < 1.29 is 9.53 Å². The second-order valence-corrected chi connectivity index (χ2v) is 5.76. The highest BCUT2D eigenvalue weighted by atomic mass is 16.5. The highest BCUT2D eigenvalue weighted by Gasteiger charge is 2.25. The van der Waals surface area contributed by atoms with E-state index >= 15 is 0 Å². The SMILES string of the molecule is NC1CCCC(C(=O)NCCC2CCOCC2)C1.